The minimum Gasteiger partial charge on any atom is -0.338 e. The number of carbonyl (C=O) groups excluding carboxylic acids is 1. The second-order valence-electron chi connectivity index (χ2n) is 2.90. The van der Waals surface area contributed by atoms with Gasteiger partial charge in [0.2, 0.25) is 0 Å². The van der Waals surface area contributed by atoms with E-state index in [4.69, 9.17) is 0 Å². The average Bonchev–Trinajstić information content (AvgIpc) is 2.70. The molecule has 1 rings (SSSR count). The van der Waals surface area contributed by atoms with Crippen molar-refractivity contribution in [3.8, 4) is 0 Å². The zero-order chi connectivity index (χ0) is 8.32. The molecule has 0 aromatic carbocycles. The third-order valence-corrected chi connectivity index (χ3v) is 1.83. The molecule has 3 nitrogen and oxygen atoms in total. The summed E-state index contributed by atoms with van der Waals surface area (Å²) in [6, 6.07) is -0.261. The van der Waals surface area contributed by atoms with Gasteiger partial charge in [-0.15, -0.1) is 0 Å². The fraction of sp³-hybridized carbons (Fsp3) is 0.857. The second-order valence-corrected chi connectivity index (χ2v) is 2.90. The summed E-state index contributed by atoms with van der Waals surface area (Å²) >= 11 is 0. The summed E-state index contributed by atoms with van der Waals surface area (Å²) in [4.78, 5) is 10.9. The number of amides is 2. The Morgan fingerprint density at radius 2 is 2.27 bits per heavy atom. The first-order chi connectivity index (χ1) is 5.22. The van der Waals surface area contributed by atoms with Gasteiger partial charge >= 0.3 is 6.03 Å². The Kier molecular flexibility index (Phi) is 2.31. The largest absolute Gasteiger partial charge is 0.338 e. The van der Waals surface area contributed by atoms with E-state index in [0.717, 1.165) is 12.8 Å². The van der Waals surface area contributed by atoms with Crippen molar-refractivity contribution in [2.45, 2.75) is 25.3 Å². The summed E-state index contributed by atoms with van der Waals surface area (Å²) in [6.45, 7) is 1.95. The number of rotatable bonds is 3. The summed E-state index contributed by atoms with van der Waals surface area (Å²) in [5.41, 5.74) is -0.515. The smallest absolute Gasteiger partial charge is 0.315 e. The van der Waals surface area contributed by atoms with Crippen LogP contribution in [0.2, 0.25) is 0 Å². The summed E-state index contributed by atoms with van der Waals surface area (Å²) in [7, 11) is 0. The molecule has 0 saturated heterocycles. The van der Waals surface area contributed by atoms with Crippen LogP contribution in [0.3, 0.4) is 0 Å². The van der Waals surface area contributed by atoms with Crippen molar-refractivity contribution in [2.75, 3.05) is 13.2 Å². The highest BCUT2D eigenvalue weighted by Crippen LogP contribution is 2.35. The predicted octanol–water partition coefficient (Wildman–Crippen LogP) is 0.808. The van der Waals surface area contributed by atoms with Crippen LogP contribution in [0, 0.1) is 0 Å². The Morgan fingerprint density at radius 3 is 2.64 bits per heavy atom. The van der Waals surface area contributed by atoms with E-state index in [2.05, 4.69) is 10.6 Å². The SMILES string of the molecule is CCNC(=O)NC1(CF)CC1. The van der Waals surface area contributed by atoms with Crippen molar-refractivity contribution in [1.29, 1.82) is 0 Å². The number of nitrogens with one attached hydrogen (secondary N) is 2. The Labute approximate surface area is 65.3 Å². The van der Waals surface area contributed by atoms with E-state index >= 15 is 0 Å². The molecular formula is C7H13FN2O. The molecule has 0 spiro atoms. The minimum atomic E-state index is -0.515. The Hall–Kier alpha value is -0.800. The van der Waals surface area contributed by atoms with Crippen LogP contribution in [0.5, 0.6) is 0 Å². The minimum absolute atomic E-state index is 0.261. The van der Waals surface area contributed by atoms with Crippen LogP contribution in [0.4, 0.5) is 9.18 Å². The van der Waals surface area contributed by atoms with E-state index in [1.807, 2.05) is 6.92 Å². The van der Waals surface area contributed by atoms with Crippen LogP contribution in [0.25, 0.3) is 0 Å². The Morgan fingerprint density at radius 1 is 1.64 bits per heavy atom. The van der Waals surface area contributed by atoms with Gasteiger partial charge in [-0.3, -0.25) is 0 Å². The molecule has 0 aromatic heterocycles. The lowest BCUT2D eigenvalue weighted by Crippen LogP contribution is -2.44. The molecule has 0 heterocycles. The molecule has 1 saturated carbocycles. The molecule has 64 valence electrons. The summed E-state index contributed by atoms with van der Waals surface area (Å²) in [5, 5.41) is 5.15. The van der Waals surface area contributed by atoms with Gasteiger partial charge in [0.1, 0.15) is 6.67 Å². The molecule has 4 heteroatoms. The van der Waals surface area contributed by atoms with E-state index in [-0.39, 0.29) is 6.03 Å². The predicted molar refractivity (Wildman–Crippen MR) is 40.1 cm³/mol. The first-order valence-electron chi connectivity index (χ1n) is 3.84. The van der Waals surface area contributed by atoms with Crippen molar-refractivity contribution in [3.63, 3.8) is 0 Å². The molecule has 1 aliphatic carbocycles. The molecule has 2 amide bonds. The number of urea groups is 1. The lowest BCUT2D eigenvalue weighted by Gasteiger charge is -2.12. The van der Waals surface area contributed by atoms with Gasteiger partial charge in [0.25, 0.3) is 0 Å². The number of hydrogen-bond acceptors (Lipinski definition) is 1. The fourth-order valence-corrected chi connectivity index (χ4v) is 0.889. The van der Waals surface area contributed by atoms with Crippen molar-refractivity contribution in [2.24, 2.45) is 0 Å². The van der Waals surface area contributed by atoms with Crippen molar-refractivity contribution in [1.82, 2.24) is 10.6 Å². The molecule has 0 aromatic rings. The maximum atomic E-state index is 12.2. The molecule has 0 aliphatic heterocycles. The lowest BCUT2D eigenvalue weighted by atomic mass is 10.3. The van der Waals surface area contributed by atoms with Gasteiger partial charge in [-0.2, -0.15) is 0 Å². The van der Waals surface area contributed by atoms with Crippen LogP contribution < -0.4 is 10.6 Å². The molecule has 0 unspecified atom stereocenters. The monoisotopic (exact) mass is 160 g/mol. The van der Waals surface area contributed by atoms with Gasteiger partial charge in [-0.1, -0.05) is 0 Å². The van der Waals surface area contributed by atoms with E-state index in [0.29, 0.717) is 6.54 Å². The van der Waals surface area contributed by atoms with Crippen LogP contribution in [-0.4, -0.2) is 24.8 Å². The number of carbonyl (C=O) groups is 1. The highest BCUT2D eigenvalue weighted by molar-refractivity contribution is 5.75. The van der Waals surface area contributed by atoms with Crippen LogP contribution >= 0.6 is 0 Å². The molecular weight excluding hydrogens is 147 g/mol. The van der Waals surface area contributed by atoms with Gasteiger partial charge in [0.15, 0.2) is 0 Å². The highest BCUT2D eigenvalue weighted by Gasteiger charge is 2.44. The maximum absolute atomic E-state index is 12.2. The summed E-state index contributed by atoms with van der Waals surface area (Å²) < 4.78 is 12.2. The Bertz CT molecular complexity index is 157. The average molecular weight is 160 g/mol. The third-order valence-electron chi connectivity index (χ3n) is 1.83. The van der Waals surface area contributed by atoms with E-state index in [9.17, 15) is 9.18 Å². The van der Waals surface area contributed by atoms with Crippen molar-refractivity contribution < 1.29 is 9.18 Å². The Balaban J connectivity index is 2.24. The topological polar surface area (TPSA) is 41.1 Å². The van der Waals surface area contributed by atoms with Crippen molar-refractivity contribution in [3.05, 3.63) is 0 Å². The van der Waals surface area contributed by atoms with Gasteiger partial charge < -0.3 is 10.6 Å². The lowest BCUT2D eigenvalue weighted by molar-refractivity contribution is 0.232. The van der Waals surface area contributed by atoms with Gasteiger partial charge in [0, 0.05) is 6.54 Å². The molecule has 1 aliphatic rings. The number of halogens is 1. The van der Waals surface area contributed by atoms with Crippen LogP contribution in [0.1, 0.15) is 19.8 Å². The number of alkyl halides is 1. The van der Waals surface area contributed by atoms with Gasteiger partial charge in [0.05, 0.1) is 5.54 Å². The first kappa shape index (κ1) is 8.30. The van der Waals surface area contributed by atoms with E-state index in [1.54, 1.807) is 0 Å². The third kappa shape index (κ3) is 2.06. The second kappa shape index (κ2) is 3.07. The molecule has 1 fully saturated rings. The summed E-state index contributed by atoms with van der Waals surface area (Å²) in [5.74, 6) is 0. The zero-order valence-electron chi connectivity index (χ0n) is 6.61. The standard InChI is InChI=1S/C7H13FN2O/c1-2-9-6(11)10-7(5-8)3-4-7/h2-5H2,1H3,(H2,9,10,11). The van der Waals surface area contributed by atoms with Gasteiger partial charge in [-0.05, 0) is 19.8 Å². The van der Waals surface area contributed by atoms with Crippen molar-refractivity contribution >= 4 is 6.03 Å². The van der Waals surface area contributed by atoms with Crippen LogP contribution in [0.15, 0.2) is 0 Å². The van der Waals surface area contributed by atoms with Gasteiger partial charge in [-0.25, -0.2) is 9.18 Å². The molecule has 0 radical (unpaired) electrons. The van der Waals surface area contributed by atoms with E-state index in [1.165, 1.54) is 0 Å². The normalized spacial score (nSPS) is 19.1. The highest BCUT2D eigenvalue weighted by atomic mass is 19.1. The molecule has 0 bridgehead atoms. The van der Waals surface area contributed by atoms with E-state index < -0.39 is 12.2 Å². The summed E-state index contributed by atoms with van der Waals surface area (Å²) in [6.07, 6.45) is 1.53. The fourth-order valence-electron chi connectivity index (χ4n) is 0.889. The zero-order valence-corrected chi connectivity index (χ0v) is 6.61. The first-order valence-corrected chi connectivity index (χ1v) is 3.84. The maximum Gasteiger partial charge on any atom is 0.315 e. The van der Waals surface area contributed by atoms with Crippen LogP contribution in [-0.2, 0) is 0 Å². The molecule has 11 heavy (non-hydrogen) atoms. The molecule has 0 atom stereocenters. The quantitative estimate of drug-likeness (QED) is 0.630. The molecule has 2 N–H and O–H groups in total. The number of hydrogen-bond donors (Lipinski definition) is 2.